The summed E-state index contributed by atoms with van der Waals surface area (Å²) in [4.78, 5) is 28.9. The number of rotatable bonds is 6. The quantitative estimate of drug-likeness (QED) is 0.824. The van der Waals surface area contributed by atoms with Crippen molar-refractivity contribution in [2.45, 2.75) is 33.2 Å². The van der Waals surface area contributed by atoms with Crippen LogP contribution >= 0.6 is 0 Å². The van der Waals surface area contributed by atoms with Gasteiger partial charge < -0.3 is 19.4 Å². The molecule has 0 aliphatic carbocycles. The van der Waals surface area contributed by atoms with E-state index < -0.39 is 0 Å². The molecule has 152 valence electrons. The van der Waals surface area contributed by atoms with Gasteiger partial charge in [-0.05, 0) is 38.5 Å². The Balaban J connectivity index is 1.62. The lowest BCUT2D eigenvalue weighted by Crippen LogP contribution is -2.51. The summed E-state index contributed by atoms with van der Waals surface area (Å²) in [5.41, 5.74) is 1.51. The number of furan rings is 1. The van der Waals surface area contributed by atoms with E-state index in [1.165, 1.54) is 0 Å². The van der Waals surface area contributed by atoms with Crippen molar-refractivity contribution in [2.24, 2.45) is 0 Å². The molecule has 1 fully saturated rings. The van der Waals surface area contributed by atoms with Crippen LogP contribution in [-0.4, -0.2) is 67.5 Å². The Morgan fingerprint density at radius 3 is 2.61 bits per heavy atom. The van der Waals surface area contributed by atoms with E-state index in [0.717, 1.165) is 23.1 Å². The number of carbonyl (C=O) groups excluding carboxylic acids is 2. The molecular weight excluding hydrogens is 358 g/mol. The maximum absolute atomic E-state index is 13.0. The van der Waals surface area contributed by atoms with Gasteiger partial charge in [-0.15, -0.1) is 0 Å². The molecular formula is C21H29N3O4. The van der Waals surface area contributed by atoms with Crippen LogP contribution in [0.4, 0.5) is 0 Å². The number of nitrogens with zero attached hydrogens (tertiary/aromatic N) is 2. The van der Waals surface area contributed by atoms with Crippen LogP contribution in [0.1, 0.15) is 36.4 Å². The minimum Gasteiger partial charge on any atom is -0.497 e. The number of aryl methyl sites for hydroxylation is 1. The number of hydrogen-bond acceptors (Lipinski definition) is 5. The molecule has 1 aromatic carbocycles. The second-order valence-corrected chi connectivity index (χ2v) is 7.36. The average molecular weight is 387 g/mol. The maximum Gasteiger partial charge on any atom is 0.289 e. The first kappa shape index (κ1) is 20.2. The van der Waals surface area contributed by atoms with Crippen LogP contribution in [0.3, 0.4) is 0 Å². The molecule has 0 bridgehead atoms. The monoisotopic (exact) mass is 387 g/mol. The van der Waals surface area contributed by atoms with Crippen molar-refractivity contribution in [3.05, 3.63) is 29.5 Å². The van der Waals surface area contributed by atoms with E-state index in [4.69, 9.17) is 9.15 Å². The highest BCUT2D eigenvalue weighted by molar-refractivity contribution is 5.99. The second kappa shape index (κ2) is 8.65. The van der Waals surface area contributed by atoms with Crippen molar-refractivity contribution in [1.82, 2.24) is 15.1 Å². The third-order valence-electron chi connectivity index (χ3n) is 5.38. The van der Waals surface area contributed by atoms with Crippen molar-refractivity contribution in [3.8, 4) is 5.75 Å². The fourth-order valence-corrected chi connectivity index (χ4v) is 3.41. The number of amides is 2. The number of nitrogens with one attached hydrogen (secondary N) is 1. The Hall–Kier alpha value is -2.54. The van der Waals surface area contributed by atoms with E-state index in [2.05, 4.69) is 10.2 Å². The lowest BCUT2D eigenvalue weighted by Gasteiger charge is -2.34. The lowest BCUT2D eigenvalue weighted by molar-refractivity contribution is -0.123. The maximum atomic E-state index is 13.0. The molecule has 0 spiro atoms. The van der Waals surface area contributed by atoms with E-state index in [1.54, 1.807) is 12.0 Å². The normalized spacial score (nSPS) is 16.2. The number of fused-ring (bicyclic) bond motifs is 1. The van der Waals surface area contributed by atoms with Crippen molar-refractivity contribution >= 4 is 22.8 Å². The van der Waals surface area contributed by atoms with Crippen LogP contribution in [0, 0.1) is 6.92 Å². The summed E-state index contributed by atoms with van der Waals surface area (Å²) in [7, 11) is 1.62. The van der Waals surface area contributed by atoms with Crippen LogP contribution < -0.4 is 10.1 Å². The summed E-state index contributed by atoms with van der Waals surface area (Å²) in [6, 6.07) is 5.72. The number of ether oxygens (including phenoxy) is 1. The van der Waals surface area contributed by atoms with Crippen molar-refractivity contribution in [2.75, 3.05) is 39.8 Å². The lowest BCUT2D eigenvalue weighted by atomic mass is 10.1. The molecule has 0 saturated carbocycles. The van der Waals surface area contributed by atoms with Gasteiger partial charge in [-0.2, -0.15) is 0 Å². The highest BCUT2D eigenvalue weighted by atomic mass is 16.5. The first-order valence-electron chi connectivity index (χ1n) is 9.81. The summed E-state index contributed by atoms with van der Waals surface area (Å²) >= 11 is 0. The van der Waals surface area contributed by atoms with Gasteiger partial charge in [-0.1, -0.05) is 6.92 Å². The molecule has 7 heteroatoms. The van der Waals surface area contributed by atoms with Gasteiger partial charge in [0.25, 0.3) is 5.91 Å². The molecule has 1 unspecified atom stereocenters. The Morgan fingerprint density at radius 2 is 1.96 bits per heavy atom. The molecule has 1 aliphatic heterocycles. The third-order valence-corrected chi connectivity index (χ3v) is 5.38. The molecule has 2 amide bonds. The van der Waals surface area contributed by atoms with Crippen LogP contribution in [-0.2, 0) is 4.79 Å². The van der Waals surface area contributed by atoms with Gasteiger partial charge in [0.1, 0.15) is 11.3 Å². The van der Waals surface area contributed by atoms with E-state index >= 15 is 0 Å². The molecule has 7 nitrogen and oxygen atoms in total. The van der Waals surface area contributed by atoms with E-state index in [0.29, 0.717) is 44.1 Å². The van der Waals surface area contributed by atoms with Crippen molar-refractivity contribution in [1.29, 1.82) is 0 Å². The van der Waals surface area contributed by atoms with Gasteiger partial charge in [0, 0.05) is 43.2 Å². The summed E-state index contributed by atoms with van der Waals surface area (Å²) in [6.07, 6.45) is 0.913. The van der Waals surface area contributed by atoms with Crippen LogP contribution in [0.5, 0.6) is 5.75 Å². The fraction of sp³-hybridized carbons (Fsp3) is 0.524. The summed E-state index contributed by atoms with van der Waals surface area (Å²) in [6.45, 7) is 8.82. The molecule has 3 rings (SSSR count). The fourth-order valence-electron chi connectivity index (χ4n) is 3.41. The largest absolute Gasteiger partial charge is 0.497 e. The topological polar surface area (TPSA) is 75.0 Å². The molecule has 2 heterocycles. The zero-order valence-corrected chi connectivity index (χ0v) is 17.1. The van der Waals surface area contributed by atoms with E-state index in [9.17, 15) is 9.59 Å². The average Bonchev–Trinajstić information content (AvgIpc) is 3.03. The predicted octanol–water partition coefficient (Wildman–Crippen LogP) is 2.42. The molecule has 1 N–H and O–H groups in total. The van der Waals surface area contributed by atoms with Crippen molar-refractivity contribution in [3.63, 3.8) is 0 Å². The Kier molecular flexibility index (Phi) is 6.24. The number of hydrogen-bond donors (Lipinski definition) is 1. The van der Waals surface area contributed by atoms with Gasteiger partial charge in [0.05, 0.1) is 13.7 Å². The highest BCUT2D eigenvalue weighted by Gasteiger charge is 2.27. The minimum absolute atomic E-state index is 0.0382. The SMILES string of the molecule is CCC(C)NC(=O)CN1CCN(C(=O)c2oc3ccc(OC)cc3c2C)CC1. The molecule has 0 radical (unpaired) electrons. The summed E-state index contributed by atoms with van der Waals surface area (Å²) in [5, 5.41) is 3.87. The Labute approximate surface area is 165 Å². The Morgan fingerprint density at radius 1 is 1.25 bits per heavy atom. The van der Waals surface area contributed by atoms with E-state index in [1.807, 2.05) is 39.0 Å². The van der Waals surface area contributed by atoms with Gasteiger partial charge in [0.2, 0.25) is 5.91 Å². The van der Waals surface area contributed by atoms with Gasteiger partial charge in [0.15, 0.2) is 5.76 Å². The van der Waals surface area contributed by atoms with Gasteiger partial charge >= 0.3 is 0 Å². The van der Waals surface area contributed by atoms with E-state index in [-0.39, 0.29) is 17.9 Å². The molecule has 1 saturated heterocycles. The van der Waals surface area contributed by atoms with Crippen LogP contribution in [0.25, 0.3) is 11.0 Å². The highest BCUT2D eigenvalue weighted by Crippen LogP contribution is 2.29. The van der Waals surface area contributed by atoms with Crippen LogP contribution in [0.2, 0.25) is 0 Å². The zero-order valence-electron chi connectivity index (χ0n) is 17.1. The second-order valence-electron chi connectivity index (χ2n) is 7.36. The number of methoxy groups -OCH3 is 1. The number of carbonyl (C=O) groups is 2. The smallest absolute Gasteiger partial charge is 0.289 e. The molecule has 1 aromatic heterocycles. The number of benzene rings is 1. The van der Waals surface area contributed by atoms with Crippen LogP contribution in [0.15, 0.2) is 22.6 Å². The van der Waals surface area contributed by atoms with Gasteiger partial charge in [-0.25, -0.2) is 0 Å². The van der Waals surface area contributed by atoms with Gasteiger partial charge in [-0.3, -0.25) is 14.5 Å². The number of piperazine rings is 1. The minimum atomic E-state index is -0.101. The first-order valence-corrected chi connectivity index (χ1v) is 9.81. The molecule has 1 atom stereocenters. The van der Waals surface area contributed by atoms with Crippen molar-refractivity contribution < 1.29 is 18.7 Å². The standard InChI is InChI=1S/C21H29N3O4/c1-5-14(2)22-19(25)13-23-8-10-24(11-9-23)21(26)20-15(3)17-12-16(27-4)6-7-18(17)28-20/h6-7,12,14H,5,8-11,13H2,1-4H3,(H,22,25). The predicted molar refractivity (Wildman–Crippen MR) is 108 cm³/mol. The summed E-state index contributed by atoms with van der Waals surface area (Å²) < 4.78 is 11.1. The molecule has 28 heavy (non-hydrogen) atoms. The summed E-state index contributed by atoms with van der Waals surface area (Å²) in [5.74, 6) is 1.05. The molecule has 2 aromatic rings. The molecule has 1 aliphatic rings. The zero-order chi connectivity index (χ0) is 20.3. The first-order chi connectivity index (χ1) is 13.4. The third kappa shape index (κ3) is 4.30. The Bertz CT molecular complexity index is 853.